The van der Waals surface area contributed by atoms with Crippen LogP contribution in [-0.2, 0) is 7.05 Å². The van der Waals surface area contributed by atoms with Gasteiger partial charge in [-0.05, 0) is 31.2 Å². The summed E-state index contributed by atoms with van der Waals surface area (Å²) in [5.41, 5.74) is 1.92. The number of anilines is 2. The second-order valence-corrected chi connectivity index (χ2v) is 4.88. The SMILES string of the molecule is Cc1cn(C)c(Nc2cccc(Oc3ccccc3)c2)n1. The van der Waals surface area contributed by atoms with E-state index in [0.29, 0.717) is 0 Å². The van der Waals surface area contributed by atoms with E-state index < -0.39 is 0 Å². The first-order valence-electron chi connectivity index (χ1n) is 6.81. The van der Waals surface area contributed by atoms with Crippen molar-refractivity contribution in [2.45, 2.75) is 6.92 Å². The monoisotopic (exact) mass is 279 g/mol. The van der Waals surface area contributed by atoms with Gasteiger partial charge in [-0.3, -0.25) is 0 Å². The van der Waals surface area contributed by atoms with E-state index in [4.69, 9.17) is 4.74 Å². The number of para-hydroxylation sites is 1. The first-order valence-corrected chi connectivity index (χ1v) is 6.81. The maximum absolute atomic E-state index is 5.82. The third kappa shape index (κ3) is 3.23. The molecule has 0 atom stereocenters. The van der Waals surface area contributed by atoms with Gasteiger partial charge in [-0.1, -0.05) is 24.3 Å². The first-order chi connectivity index (χ1) is 10.2. The predicted octanol–water partition coefficient (Wildman–Crippen LogP) is 4.26. The Morgan fingerprint density at radius 3 is 2.48 bits per heavy atom. The van der Waals surface area contributed by atoms with Crippen LogP contribution < -0.4 is 10.1 Å². The third-order valence-corrected chi connectivity index (χ3v) is 3.07. The zero-order valence-corrected chi connectivity index (χ0v) is 12.1. The van der Waals surface area contributed by atoms with Crippen LogP contribution in [0.5, 0.6) is 11.5 Å². The molecule has 4 heteroatoms. The molecule has 0 saturated heterocycles. The second-order valence-electron chi connectivity index (χ2n) is 4.88. The minimum Gasteiger partial charge on any atom is -0.457 e. The van der Waals surface area contributed by atoms with Gasteiger partial charge in [0.15, 0.2) is 0 Å². The molecule has 0 bridgehead atoms. The smallest absolute Gasteiger partial charge is 0.207 e. The van der Waals surface area contributed by atoms with E-state index in [0.717, 1.165) is 28.8 Å². The predicted molar refractivity (Wildman–Crippen MR) is 84.2 cm³/mol. The van der Waals surface area contributed by atoms with Gasteiger partial charge in [0.05, 0.1) is 5.69 Å². The zero-order chi connectivity index (χ0) is 14.7. The van der Waals surface area contributed by atoms with Crippen molar-refractivity contribution in [3.05, 3.63) is 66.5 Å². The van der Waals surface area contributed by atoms with Crippen molar-refractivity contribution in [2.75, 3.05) is 5.32 Å². The van der Waals surface area contributed by atoms with E-state index in [9.17, 15) is 0 Å². The highest BCUT2D eigenvalue weighted by Gasteiger charge is 2.04. The van der Waals surface area contributed by atoms with E-state index in [1.54, 1.807) is 0 Å². The van der Waals surface area contributed by atoms with Crippen molar-refractivity contribution in [3.63, 3.8) is 0 Å². The number of ether oxygens (including phenoxy) is 1. The molecule has 4 nitrogen and oxygen atoms in total. The fourth-order valence-electron chi connectivity index (χ4n) is 2.12. The number of hydrogen-bond acceptors (Lipinski definition) is 3. The number of imidazole rings is 1. The fraction of sp³-hybridized carbons (Fsp3) is 0.118. The molecule has 0 aliphatic carbocycles. The maximum atomic E-state index is 5.82. The summed E-state index contributed by atoms with van der Waals surface area (Å²) < 4.78 is 7.78. The van der Waals surface area contributed by atoms with Crippen LogP contribution in [0.3, 0.4) is 0 Å². The van der Waals surface area contributed by atoms with Gasteiger partial charge < -0.3 is 14.6 Å². The number of benzene rings is 2. The summed E-state index contributed by atoms with van der Waals surface area (Å²) in [5.74, 6) is 2.42. The standard InChI is InChI=1S/C17H17N3O/c1-13-12-20(2)17(18-13)19-14-7-6-10-16(11-14)21-15-8-4-3-5-9-15/h3-12H,1-2H3,(H,18,19). The van der Waals surface area contributed by atoms with E-state index in [-0.39, 0.29) is 0 Å². The van der Waals surface area contributed by atoms with Gasteiger partial charge in [-0.2, -0.15) is 0 Å². The second kappa shape index (κ2) is 5.71. The molecule has 0 amide bonds. The van der Waals surface area contributed by atoms with E-state index in [1.165, 1.54) is 0 Å². The molecular weight excluding hydrogens is 262 g/mol. The van der Waals surface area contributed by atoms with Crippen molar-refractivity contribution >= 4 is 11.6 Å². The highest BCUT2D eigenvalue weighted by molar-refractivity contribution is 5.56. The molecule has 0 saturated carbocycles. The Bertz CT molecular complexity index is 735. The average molecular weight is 279 g/mol. The van der Waals surface area contributed by atoms with Crippen LogP contribution in [0.1, 0.15) is 5.69 Å². The van der Waals surface area contributed by atoms with E-state index >= 15 is 0 Å². The fourth-order valence-corrected chi connectivity index (χ4v) is 2.12. The van der Waals surface area contributed by atoms with Crippen LogP contribution in [-0.4, -0.2) is 9.55 Å². The molecule has 0 radical (unpaired) electrons. The van der Waals surface area contributed by atoms with Crippen molar-refractivity contribution in [1.82, 2.24) is 9.55 Å². The van der Waals surface area contributed by atoms with Crippen molar-refractivity contribution in [2.24, 2.45) is 7.05 Å². The van der Waals surface area contributed by atoms with Crippen LogP contribution in [0.2, 0.25) is 0 Å². The van der Waals surface area contributed by atoms with Gasteiger partial charge in [-0.15, -0.1) is 0 Å². The molecule has 0 aliphatic heterocycles. The van der Waals surface area contributed by atoms with Crippen molar-refractivity contribution < 1.29 is 4.74 Å². The summed E-state index contributed by atoms with van der Waals surface area (Å²) in [5, 5.41) is 3.29. The molecule has 0 fully saturated rings. The molecule has 1 heterocycles. The van der Waals surface area contributed by atoms with Gasteiger partial charge >= 0.3 is 0 Å². The quantitative estimate of drug-likeness (QED) is 0.775. The normalized spacial score (nSPS) is 10.4. The average Bonchev–Trinajstić information content (AvgIpc) is 2.78. The molecule has 1 aromatic heterocycles. The van der Waals surface area contributed by atoms with E-state index in [2.05, 4.69) is 10.3 Å². The lowest BCUT2D eigenvalue weighted by Crippen LogP contribution is -1.98. The lowest BCUT2D eigenvalue weighted by Gasteiger charge is -2.09. The summed E-state index contributed by atoms with van der Waals surface area (Å²) in [6.07, 6.45) is 1.98. The Hall–Kier alpha value is -2.75. The molecule has 2 aromatic carbocycles. The largest absolute Gasteiger partial charge is 0.457 e. The number of nitrogens with zero attached hydrogens (tertiary/aromatic N) is 2. The van der Waals surface area contributed by atoms with Crippen LogP contribution in [0.4, 0.5) is 11.6 Å². The van der Waals surface area contributed by atoms with E-state index in [1.807, 2.05) is 79.3 Å². The molecular formula is C17H17N3O. The van der Waals surface area contributed by atoms with Crippen LogP contribution in [0.15, 0.2) is 60.8 Å². The van der Waals surface area contributed by atoms with Crippen molar-refractivity contribution in [1.29, 1.82) is 0 Å². The third-order valence-electron chi connectivity index (χ3n) is 3.07. The summed E-state index contributed by atoms with van der Waals surface area (Å²) in [4.78, 5) is 4.43. The Balaban J connectivity index is 1.78. The lowest BCUT2D eigenvalue weighted by molar-refractivity contribution is 0.483. The first kappa shape index (κ1) is 13.2. The molecule has 3 rings (SSSR count). The lowest BCUT2D eigenvalue weighted by atomic mass is 10.3. The molecule has 0 aliphatic rings. The molecule has 1 N–H and O–H groups in total. The Morgan fingerprint density at radius 2 is 1.76 bits per heavy atom. The van der Waals surface area contributed by atoms with Gasteiger partial charge in [0.1, 0.15) is 11.5 Å². The molecule has 0 spiro atoms. The Kier molecular flexibility index (Phi) is 3.60. The highest BCUT2D eigenvalue weighted by atomic mass is 16.5. The number of aromatic nitrogens is 2. The molecule has 21 heavy (non-hydrogen) atoms. The van der Waals surface area contributed by atoms with Crippen LogP contribution in [0, 0.1) is 6.92 Å². The Morgan fingerprint density at radius 1 is 1.00 bits per heavy atom. The van der Waals surface area contributed by atoms with Crippen LogP contribution >= 0.6 is 0 Å². The van der Waals surface area contributed by atoms with Crippen molar-refractivity contribution in [3.8, 4) is 11.5 Å². The number of nitrogens with one attached hydrogen (secondary N) is 1. The topological polar surface area (TPSA) is 39.1 Å². The highest BCUT2D eigenvalue weighted by Crippen LogP contribution is 2.25. The summed E-state index contributed by atoms with van der Waals surface area (Å²) >= 11 is 0. The van der Waals surface area contributed by atoms with Gasteiger partial charge in [0, 0.05) is 25.0 Å². The number of hydrogen-bond donors (Lipinski definition) is 1. The molecule has 3 aromatic rings. The summed E-state index contributed by atoms with van der Waals surface area (Å²) in [7, 11) is 1.96. The van der Waals surface area contributed by atoms with Gasteiger partial charge in [-0.25, -0.2) is 4.98 Å². The maximum Gasteiger partial charge on any atom is 0.207 e. The van der Waals surface area contributed by atoms with Crippen LogP contribution in [0.25, 0.3) is 0 Å². The number of aryl methyl sites for hydroxylation is 2. The minimum atomic E-state index is 0.789. The number of rotatable bonds is 4. The summed E-state index contributed by atoms with van der Waals surface area (Å²) in [6.45, 7) is 1.97. The minimum absolute atomic E-state index is 0.789. The van der Waals surface area contributed by atoms with Gasteiger partial charge in [0.2, 0.25) is 5.95 Å². The zero-order valence-electron chi connectivity index (χ0n) is 12.1. The molecule has 0 unspecified atom stereocenters. The van der Waals surface area contributed by atoms with Gasteiger partial charge in [0.25, 0.3) is 0 Å². The Labute approximate surface area is 124 Å². The summed E-state index contributed by atoms with van der Waals surface area (Å²) in [6, 6.07) is 17.6. The molecule has 106 valence electrons.